The molecule has 1 unspecified atom stereocenters. The Hall–Kier alpha value is -2.54. The lowest BCUT2D eigenvalue weighted by molar-refractivity contribution is -0.0416. The average Bonchev–Trinajstić information content (AvgIpc) is 3.12. The third-order valence-electron chi connectivity index (χ3n) is 5.29. The van der Waals surface area contributed by atoms with Gasteiger partial charge in [0.1, 0.15) is 23.0 Å². The lowest BCUT2D eigenvalue weighted by Crippen LogP contribution is -2.63. The minimum atomic E-state index is -1.18. The Balaban J connectivity index is 1.86. The van der Waals surface area contributed by atoms with E-state index in [0.717, 1.165) is 0 Å². The van der Waals surface area contributed by atoms with Crippen molar-refractivity contribution < 1.29 is 23.5 Å². The summed E-state index contributed by atoms with van der Waals surface area (Å²) in [5.74, 6) is 2.14. The number of nitrogens with zero attached hydrogens (tertiary/aromatic N) is 2. The molecule has 1 saturated heterocycles. The number of hydrogen-bond donors (Lipinski definition) is 1. The van der Waals surface area contributed by atoms with E-state index in [1.54, 1.807) is 63.5 Å². The summed E-state index contributed by atoms with van der Waals surface area (Å²) in [6, 6.07) is 2.90. The molecule has 3 heterocycles. The summed E-state index contributed by atoms with van der Waals surface area (Å²) in [6.45, 7) is 11.4. The maximum atomic E-state index is 13.1. The van der Waals surface area contributed by atoms with Crippen molar-refractivity contribution in [3.8, 4) is 0 Å². The van der Waals surface area contributed by atoms with Gasteiger partial charge in [-0.25, -0.2) is 0 Å². The van der Waals surface area contributed by atoms with Crippen LogP contribution in [-0.4, -0.2) is 58.0 Å². The van der Waals surface area contributed by atoms with Crippen LogP contribution in [0.25, 0.3) is 0 Å². The van der Waals surface area contributed by atoms with Gasteiger partial charge in [-0.3, -0.25) is 9.59 Å². The minimum Gasteiger partial charge on any atom is -0.466 e. The van der Waals surface area contributed by atoms with Gasteiger partial charge in [-0.15, -0.1) is 0 Å². The van der Waals surface area contributed by atoms with Crippen molar-refractivity contribution >= 4 is 11.8 Å². The average molecular weight is 388 g/mol. The molecule has 0 aliphatic carbocycles. The van der Waals surface area contributed by atoms with Crippen molar-refractivity contribution in [2.75, 3.05) is 19.6 Å². The second kappa shape index (κ2) is 7.13. The molecule has 0 radical (unpaired) electrons. The van der Waals surface area contributed by atoms with E-state index < -0.39 is 11.6 Å². The molecule has 2 amide bonds. The van der Waals surface area contributed by atoms with Crippen LogP contribution in [0.4, 0.5) is 0 Å². The zero-order chi connectivity index (χ0) is 20.8. The molecule has 2 aromatic rings. The summed E-state index contributed by atoms with van der Waals surface area (Å²) in [5.41, 5.74) is -0.163. The molecule has 152 valence electrons. The third kappa shape index (κ3) is 3.71. The number of amides is 2. The Labute approximate surface area is 164 Å². The van der Waals surface area contributed by atoms with Gasteiger partial charge in [0, 0.05) is 19.6 Å². The Morgan fingerprint density at radius 3 is 1.89 bits per heavy atom. The van der Waals surface area contributed by atoms with Gasteiger partial charge >= 0.3 is 0 Å². The first kappa shape index (κ1) is 20.2. The fourth-order valence-corrected chi connectivity index (χ4v) is 3.83. The van der Waals surface area contributed by atoms with Crippen molar-refractivity contribution in [1.29, 1.82) is 0 Å². The van der Waals surface area contributed by atoms with Gasteiger partial charge in [-0.05, 0) is 53.7 Å². The molecular weight excluding hydrogens is 360 g/mol. The van der Waals surface area contributed by atoms with Crippen LogP contribution in [0, 0.1) is 27.7 Å². The van der Waals surface area contributed by atoms with Gasteiger partial charge in [0.05, 0.1) is 22.8 Å². The van der Waals surface area contributed by atoms with Crippen molar-refractivity contribution in [3.63, 3.8) is 0 Å². The monoisotopic (exact) mass is 388 g/mol. The molecule has 1 fully saturated rings. The number of furan rings is 2. The van der Waals surface area contributed by atoms with Crippen molar-refractivity contribution in [2.24, 2.45) is 0 Å². The fourth-order valence-electron chi connectivity index (χ4n) is 3.83. The Morgan fingerprint density at radius 2 is 1.46 bits per heavy atom. The molecule has 1 aliphatic rings. The highest BCUT2D eigenvalue weighted by Crippen LogP contribution is 2.26. The van der Waals surface area contributed by atoms with Gasteiger partial charge in [-0.1, -0.05) is 0 Å². The molecule has 0 saturated carbocycles. The molecule has 0 bridgehead atoms. The molecule has 3 rings (SSSR count). The summed E-state index contributed by atoms with van der Waals surface area (Å²) < 4.78 is 11.0. The van der Waals surface area contributed by atoms with E-state index in [-0.39, 0.29) is 18.4 Å². The fraction of sp³-hybridized carbons (Fsp3) is 0.524. The van der Waals surface area contributed by atoms with Gasteiger partial charge < -0.3 is 23.7 Å². The van der Waals surface area contributed by atoms with Crippen LogP contribution in [-0.2, 0) is 0 Å². The number of piperazine rings is 1. The second-order valence-electron chi connectivity index (χ2n) is 8.07. The first-order chi connectivity index (χ1) is 13.0. The first-order valence-electron chi connectivity index (χ1n) is 9.45. The molecule has 0 spiro atoms. The molecule has 1 N–H and O–H groups in total. The Kier molecular flexibility index (Phi) is 5.14. The van der Waals surface area contributed by atoms with E-state index in [4.69, 9.17) is 8.83 Å². The highest BCUT2D eigenvalue weighted by molar-refractivity contribution is 5.97. The SMILES string of the molecule is Cc1cc(C(=O)N2CCN(C(=O)c3cc(C)oc3C)C(C(C)(C)O)C2)c(C)o1. The highest BCUT2D eigenvalue weighted by Gasteiger charge is 2.42. The quantitative estimate of drug-likeness (QED) is 0.874. The van der Waals surface area contributed by atoms with E-state index in [0.29, 0.717) is 47.3 Å². The molecule has 1 aliphatic heterocycles. The van der Waals surface area contributed by atoms with E-state index in [1.165, 1.54) is 0 Å². The summed E-state index contributed by atoms with van der Waals surface area (Å²) in [5, 5.41) is 10.7. The van der Waals surface area contributed by atoms with Gasteiger partial charge in [0.25, 0.3) is 11.8 Å². The molecular formula is C21H28N2O5. The van der Waals surface area contributed by atoms with Crippen molar-refractivity contribution in [3.05, 3.63) is 46.3 Å². The van der Waals surface area contributed by atoms with Crippen LogP contribution in [0.3, 0.4) is 0 Å². The molecule has 0 aromatic carbocycles. The topological polar surface area (TPSA) is 87.1 Å². The second-order valence-corrected chi connectivity index (χ2v) is 8.07. The number of aryl methyl sites for hydroxylation is 4. The summed E-state index contributed by atoms with van der Waals surface area (Å²) >= 11 is 0. The number of rotatable bonds is 3. The van der Waals surface area contributed by atoms with Crippen LogP contribution in [0.15, 0.2) is 21.0 Å². The van der Waals surface area contributed by atoms with Crippen LogP contribution < -0.4 is 0 Å². The lowest BCUT2D eigenvalue weighted by Gasteiger charge is -2.46. The Bertz CT molecular complexity index is 903. The van der Waals surface area contributed by atoms with E-state index in [9.17, 15) is 14.7 Å². The summed E-state index contributed by atoms with van der Waals surface area (Å²) in [7, 11) is 0. The maximum absolute atomic E-state index is 13.1. The van der Waals surface area contributed by atoms with E-state index >= 15 is 0 Å². The van der Waals surface area contributed by atoms with Crippen molar-refractivity contribution in [1.82, 2.24) is 9.80 Å². The number of aliphatic hydroxyl groups is 1. The molecule has 7 nitrogen and oxygen atoms in total. The predicted molar refractivity (Wildman–Crippen MR) is 103 cm³/mol. The normalized spacial score (nSPS) is 17.9. The molecule has 28 heavy (non-hydrogen) atoms. The summed E-state index contributed by atoms with van der Waals surface area (Å²) in [6.07, 6.45) is 0. The lowest BCUT2D eigenvalue weighted by atomic mass is 9.93. The minimum absolute atomic E-state index is 0.147. The zero-order valence-corrected chi connectivity index (χ0v) is 17.3. The van der Waals surface area contributed by atoms with Gasteiger partial charge in [0.2, 0.25) is 0 Å². The highest BCUT2D eigenvalue weighted by atomic mass is 16.3. The number of hydrogen-bond acceptors (Lipinski definition) is 5. The first-order valence-corrected chi connectivity index (χ1v) is 9.45. The third-order valence-corrected chi connectivity index (χ3v) is 5.29. The van der Waals surface area contributed by atoms with Crippen LogP contribution in [0.1, 0.15) is 57.6 Å². The van der Waals surface area contributed by atoms with E-state index in [2.05, 4.69) is 0 Å². The largest absolute Gasteiger partial charge is 0.466 e. The van der Waals surface area contributed by atoms with Crippen molar-refractivity contribution in [2.45, 2.75) is 53.2 Å². The smallest absolute Gasteiger partial charge is 0.257 e. The predicted octanol–water partition coefficient (Wildman–Crippen LogP) is 2.84. The van der Waals surface area contributed by atoms with Crippen LogP contribution in [0.5, 0.6) is 0 Å². The Morgan fingerprint density at radius 1 is 0.964 bits per heavy atom. The molecule has 2 aromatic heterocycles. The number of carbonyl (C=O) groups is 2. The molecule has 1 atom stereocenters. The van der Waals surface area contributed by atoms with Crippen LogP contribution in [0.2, 0.25) is 0 Å². The van der Waals surface area contributed by atoms with Crippen LogP contribution >= 0.6 is 0 Å². The zero-order valence-electron chi connectivity index (χ0n) is 17.3. The standard InChI is InChI=1S/C21H28N2O5/c1-12-9-16(14(3)27-12)19(24)22-7-8-23(18(11-22)21(5,6)26)20(25)17-10-13(2)28-15(17)4/h9-10,18,26H,7-8,11H2,1-6H3. The summed E-state index contributed by atoms with van der Waals surface area (Å²) in [4.78, 5) is 29.4. The van der Waals surface area contributed by atoms with E-state index in [1.807, 2.05) is 0 Å². The maximum Gasteiger partial charge on any atom is 0.257 e. The number of carbonyl (C=O) groups excluding carboxylic acids is 2. The van der Waals surface area contributed by atoms with Gasteiger partial charge in [-0.2, -0.15) is 0 Å². The molecule has 7 heteroatoms. The van der Waals surface area contributed by atoms with Gasteiger partial charge in [0.15, 0.2) is 0 Å².